The van der Waals surface area contributed by atoms with Crippen LogP contribution in [0.25, 0.3) is 16.9 Å². The van der Waals surface area contributed by atoms with Crippen molar-refractivity contribution >= 4 is 0 Å². The molecule has 1 heterocycles. The average Bonchev–Trinajstić information content (AvgIpc) is 2.93. The second-order valence-corrected chi connectivity index (χ2v) is 5.06. The van der Waals surface area contributed by atoms with Gasteiger partial charge in [0.1, 0.15) is 5.69 Å². The van der Waals surface area contributed by atoms with E-state index in [1.54, 1.807) is 36.4 Å². The van der Waals surface area contributed by atoms with Gasteiger partial charge in [0.2, 0.25) is 0 Å². The molecule has 0 saturated carbocycles. The number of alkyl halides is 3. The lowest BCUT2D eigenvalue weighted by Crippen LogP contribution is -2.12. The van der Waals surface area contributed by atoms with Gasteiger partial charge in [-0.2, -0.15) is 13.2 Å². The van der Waals surface area contributed by atoms with E-state index in [0.717, 1.165) is 11.6 Å². The van der Waals surface area contributed by atoms with E-state index in [4.69, 9.17) is 0 Å². The lowest BCUT2D eigenvalue weighted by atomic mass is 10.1. The molecule has 0 amide bonds. The molecule has 0 atom stereocenters. The van der Waals surface area contributed by atoms with Crippen LogP contribution in [0.4, 0.5) is 13.2 Å². The third kappa shape index (κ3) is 2.64. The van der Waals surface area contributed by atoms with Crippen LogP contribution in [0.15, 0.2) is 60.7 Å². The highest BCUT2D eigenvalue weighted by Gasteiger charge is 2.35. The summed E-state index contributed by atoms with van der Waals surface area (Å²) in [6, 6.07) is 19.7. The van der Waals surface area contributed by atoms with Gasteiger partial charge in [-0.1, -0.05) is 42.0 Å². The minimum absolute atomic E-state index is 0.405. The van der Waals surface area contributed by atoms with Crippen molar-refractivity contribution in [2.45, 2.75) is 13.1 Å². The molecule has 0 N–H and O–H groups in total. The minimum atomic E-state index is -4.44. The van der Waals surface area contributed by atoms with Crippen molar-refractivity contribution in [1.29, 1.82) is 0 Å². The van der Waals surface area contributed by atoms with Gasteiger partial charge in [-0.05, 0) is 36.8 Å². The van der Waals surface area contributed by atoms with Gasteiger partial charge >= 0.3 is 6.18 Å². The van der Waals surface area contributed by atoms with Crippen molar-refractivity contribution in [3.63, 3.8) is 0 Å². The van der Waals surface area contributed by atoms with E-state index >= 15 is 0 Å². The summed E-state index contributed by atoms with van der Waals surface area (Å²) >= 11 is 0. The van der Waals surface area contributed by atoms with Gasteiger partial charge in [0.15, 0.2) is 0 Å². The molecule has 2 aromatic carbocycles. The monoisotopic (exact) mass is 300 g/mol. The Bertz CT molecular complexity index is 786. The van der Waals surface area contributed by atoms with Crippen molar-refractivity contribution < 1.29 is 13.2 Å². The van der Waals surface area contributed by atoms with Crippen LogP contribution in [0.1, 0.15) is 11.3 Å². The van der Waals surface area contributed by atoms with Crippen LogP contribution >= 0.6 is 0 Å². The fourth-order valence-corrected chi connectivity index (χ4v) is 2.44. The first-order chi connectivity index (χ1) is 10.5. The predicted octanol–water partition coefficient (Wildman–Crippen LogP) is 5.27. The Hall–Kier alpha value is -2.49. The van der Waals surface area contributed by atoms with E-state index in [1.165, 1.54) is 4.57 Å². The summed E-state index contributed by atoms with van der Waals surface area (Å²) in [4.78, 5) is 0. The standard InChI is InChI=1S/C18H13F3N/c1-13-6-5-7-14(12-13)16-10-11-17(18(19,20)21)22(16)15-8-3-2-4-9-15/h2-9,11-12H,1H3. The number of nitrogens with zero attached hydrogens (tertiary/aromatic N) is 1. The molecule has 0 saturated heterocycles. The molecule has 1 radical (unpaired) electrons. The van der Waals surface area contributed by atoms with Gasteiger partial charge in [0.25, 0.3) is 0 Å². The first-order valence-electron chi connectivity index (χ1n) is 6.80. The van der Waals surface area contributed by atoms with Crippen LogP contribution in [0, 0.1) is 13.0 Å². The topological polar surface area (TPSA) is 4.93 Å². The summed E-state index contributed by atoms with van der Waals surface area (Å²) in [6.07, 6.45) is -4.44. The third-order valence-corrected chi connectivity index (χ3v) is 3.41. The molecule has 0 unspecified atom stereocenters. The summed E-state index contributed by atoms with van der Waals surface area (Å²) < 4.78 is 41.1. The maximum Gasteiger partial charge on any atom is 0.431 e. The van der Waals surface area contributed by atoms with Crippen LogP contribution in [-0.4, -0.2) is 4.57 Å². The van der Waals surface area contributed by atoms with E-state index in [2.05, 4.69) is 6.07 Å². The summed E-state index contributed by atoms with van der Waals surface area (Å²) in [5.41, 5.74) is 1.84. The van der Waals surface area contributed by atoms with E-state index in [0.29, 0.717) is 16.9 Å². The molecule has 111 valence electrons. The second kappa shape index (κ2) is 5.37. The van der Waals surface area contributed by atoms with Crippen molar-refractivity contribution in [1.82, 2.24) is 4.57 Å². The van der Waals surface area contributed by atoms with Gasteiger partial charge in [0, 0.05) is 11.8 Å². The zero-order valence-electron chi connectivity index (χ0n) is 11.9. The number of para-hydroxylation sites is 1. The highest BCUT2D eigenvalue weighted by molar-refractivity contribution is 5.64. The number of hydrogen-bond donors (Lipinski definition) is 0. The molecule has 0 spiro atoms. The van der Waals surface area contributed by atoms with E-state index in [9.17, 15) is 13.2 Å². The third-order valence-electron chi connectivity index (χ3n) is 3.41. The van der Waals surface area contributed by atoms with E-state index in [1.807, 2.05) is 25.1 Å². The quantitative estimate of drug-likeness (QED) is 0.607. The Balaban J connectivity index is 2.26. The molecular weight excluding hydrogens is 287 g/mol. The molecule has 3 rings (SSSR count). The molecule has 0 fully saturated rings. The van der Waals surface area contributed by atoms with Gasteiger partial charge in [-0.15, -0.1) is 0 Å². The number of aryl methyl sites for hydroxylation is 1. The van der Waals surface area contributed by atoms with Crippen molar-refractivity contribution in [3.05, 3.63) is 78.0 Å². The average molecular weight is 300 g/mol. The summed E-state index contributed by atoms with van der Waals surface area (Å²) in [6.45, 7) is 1.91. The smallest absolute Gasteiger partial charge is 0.305 e. The predicted molar refractivity (Wildman–Crippen MR) is 79.8 cm³/mol. The minimum Gasteiger partial charge on any atom is -0.305 e. The Morgan fingerprint density at radius 2 is 1.68 bits per heavy atom. The van der Waals surface area contributed by atoms with Crippen LogP contribution in [0.3, 0.4) is 0 Å². The molecule has 0 aliphatic rings. The highest BCUT2D eigenvalue weighted by atomic mass is 19.4. The summed E-state index contributed by atoms with van der Waals surface area (Å²) in [5, 5.41) is 0. The van der Waals surface area contributed by atoms with Crippen molar-refractivity contribution in [3.8, 4) is 16.9 Å². The normalized spacial score (nSPS) is 11.6. The van der Waals surface area contributed by atoms with Crippen LogP contribution in [0.2, 0.25) is 0 Å². The number of hydrogen-bond acceptors (Lipinski definition) is 0. The zero-order valence-corrected chi connectivity index (χ0v) is 11.9. The molecule has 22 heavy (non-hydrogen) atoms. The van der Waals surface area contributed by atoms with Gasteiger partial charge in [-0.3, -0.25) is 0 Å². The van der Waals surface area contributed by atoms with Crippen molar-refractivity contribution in [2.75, 3.05) is 0 Å². The van der Waals surface area contributed by atoms with Crippen LogP contribution < -0.4 is 0 Å². The van der Waals surface area contributed by atoms with E-state index < -0.39 is 11.9 Å². The SMILES string of the molecule is Cc1cccc(-c2[c]cc(C(F)(F)F)n2-c2ccccc2)c1. The molecular formula is C18H13F3N. The first kappa shape index (κ1) is 14.4. The Morgan fingerprint density at radius 3 is 2.32 bits per heavy atom. The largest absolute Gasteiger partial charge is 0.431 e. The fraction of sp³-hybridized carbons (Fsp3) is 0.111. The van der Waals surface area contributed by atoms with Gasteiger partial charge < -0.3 is 4.57 Å². The van der Waals surface area contributed by atoms with Gasteiger partial charge in [0.05, 0.1) is 5.69 Å². The Labute approximate surface area is 126 Å². The zero-order chi connectivity index (χ0) is 15.7. The molecule has 4 heteroatoms. The molecule has 0 aliphatic carbocycles. The summed E-state index contributed by atoms with van der Waals surface area (Å²) in [5.74, 6) is 0. The Morgan fingerprint density at radius 1 is 0.955 bits per heavy atom. The number of benzene rings is 2. The summed E-state index contributed by atoms with van der Waals surface area (Å²) in [7, 11) is 0. The van der Waals surface area contributed by atoms with Crippen LogP contribution in [-0.2, 0) is 6.18 Å². The maximum absolute atomic E-state index is 13.3. The molecule has 0 bridgehead atoms. The number of aromatic nitrogens is 1. The highest BCUT2D eigenvalue weighted by Crippen LogP contribution is 2.36. The lowest BCUT2D eigenvalue weighted by molar-refractivity contribution is -0.142. The van der Waals surface area contributed by atoms with Crippen LogP contribution in [0.5, 0.6) is 0 Å². The Kier molecular flexibility index (Phi) is 3.53. The number of rotatable bonds is 2. The fourth-order valence-electron chi connectivity index (χ4n) is 2.44. The second-order valence-electron chi connectivity index (χ2n) is 5.06. The lowest BCUT2D eigenvalue weighted by Gasteiger charge is -2.15. The van der Waals surface area contributed by atoms with E-state index in [-0.39, 0.29) is 0 Å². The first-order valence-corrected chi connectivity index (χ1v) is 6.80. The van der Waals surface area contributed by atoms with Gasteiger partial charge in [-0.25, -0.2) is 0 Å². The van der Waals surface area contributed by atoms with Crippen molar-refractivity contribution in [2.24, 2.45) is 0 Å². The maximum atomic E-state index is 13.3. The molecule has 1 aromatic heterocycles. The molecule has 0 aliphatic heterocycles. The number of halogens is 3. The molecule has 1 nitrogen and oxygen atoms in total. The molecule has 3 aromatic rings.